The van der Waals surface area contributed by atoms with E-state index in [1.54, 1.807) is 0 Å². The first-order valence-corrected chi connectivity index (χ1v) is 6.38. The molecule has 1 amide bonds. The van der Waals surface area contributed by atoms with E-state index in [1.807, 2.05) is 6.92 Å². The number of thiazole rings is 1. The standard InChI is InChI=1S/C10H14N2O2S2/c1-6-7(16-9(15)11-6)4-8(14)12-10(5-13)2-3-10/h13H,2-5H2,1H3,(H,11,15)(H,12,14). The Morgan fingerprint density at radius 1 is 1.69 bits per heavy atom. The third-order valence-electron chi connectivity index (χ3n) is 2.81. The van der Waals surface area contributed by atoms with Crippen LogP contribution in [0.1, 0.15) is 23.4 Å². The first-order chi connectivity index (χ1) is 7.54. The number of aryl methyl sites for hydroxylation is 1. The maximum Gasteiger partial charge on any atom is 0.225 e. The van der Waals surface area contributed by atoms with Crippen LogP contribution in [-0.2, 0) is 11.2 Å². The average Bonchev–Trinajstić information content (AvgIpc) is 2.90. The number of carbonyl (C=O) groups is 1. The predicted octanol–water partition coefficient (Wildman–Crippen LogP) is 1.30. The van der Waals surface area contributed by atoms with E-state index in [2.05, 4.69) is 10.3 Å². The van der Waals surface area contributed by atoms with Gasteiger partial charge >= 0.3 is 0 Å². The summed E-state index contributed by atoms with van der Waals surface area (Å²) < 4.78 is 0.698. The summed E-state index contributed by atoms with van der Waals surface area (Å²) in [6, 6.07) is 0. The van der Waals surface area contributed by atoms with Crippen molar-refractivity contribution in [2.24, 2.45) is 0 Å². The summed E-state index contributed by atoms with van der Waals surface area (Å²) in [6.45, 7) is 1.94. The Morgan fingerprint density at radius 3 is 2.81 bits per heavy atom. The number of H-pyrrole nitrogens is 1. The van der Waals surface area contributed by atoms with Crippen molar-refractivity contribution in [2.45, 2.75) is 31.7 Å². The molecule has 1 aliphatic carbocycles. The zero-order valence-corrected chi connectivity index (χ0v) is 10.6. The largest absolute Gasteiger partial charge is 0.394 e. The van der Waals surface area contributed by atoms with Crippen LogP contribution in [0.4, 0.5) is 0 Å². The van der Waals surface area contributed by atoms with Crippen molar-refractivity contribution in [3.8, 4) is 0 Å². The van der Waals surface area contributed by atoms with Gasteiger partial charge in [-0.15, -0.1) is 11.3 Å². The highest BCUT2D eigenvalue weighted by atomic mass is 32.1. The molecule has 0 aliphatic heterocycles. The number of nitrogens with one attached hydrogen (secondary N) is 2. The first-order valence-electron chi connectivity index (χ1n) is 5.15. The maximum atomic E-state index is 11.7. The Hall–Kier alpha value is -0.720. The van der Waals surface area contributed by atoms with Crippen LogP contribution in [-0.4, -0.2) is 28.1 Å². The van der Waals surface area contributed by atoms with Crippen molar-refractivity contribution >= 4 is 29.5 Å². The van der Waals surface area contributed by atoms with Gasteiger partial charge in [0, 0.05) is 10.6 Å². The van der Waals surface area contributed by atoms with E-state index in [0.29, 0.717) is 10.4 Å². The number of hydrogen-bond acceptors (Lipinski definition) is 4. The Morgan fingerprint density at radius 2 is 2.38 bits per heavy atom. The van der Waals surface area contributed by atoms with Crippen LogP contribution in [0, 0.1) is 10.9 Å². The molecule has 2 rings (SSSR count). The minimum atomic E-state index is -0.331. The third kappa shape index (κ3) is 2.50. The molecule has 1 heterocycles. The van der Waals surface area contributed by atoms with E-state index in [0.717, 1.165) is 23.4 Å². The normalized spacial score (nSPS) is 17.1. The Bertz CT molecular complexity index is 460. The van der Waals surface area contributed by atoms with Crippen LogP contribution in [0.25, 0.3) is 0 Å². The number of rotatable bonds is 4. The number of aliphatic hydroxyl groups is 1. The van der Waals surface area contributed by atoms with Gasteiger partial charge in [0.1, 0.15) is 0 Å². The van der Waals surface area contributed by atoms with Crippen LogP contribution in [0.3, 0.4) is 0 Å². The van der Waals surface area contributed by atoms with Gasteiger partial charge in [0.15, 0.2) is 3.95 Å². The number of aromatic nitrogens is 1. The number of hydrogen-bond donors (Lipinski definition) is 3. The fourth-order valence-electron chi connectivity index (χ4n) is 1.56. The van der Waals surface area contributed by atoms with E-state index in [4.69, 9.17) is 17.3 Å². The van der Waals surface area contributed by atoms with Gasteiger partial charge in [0.2, 0.25) is 5.91 Å². The highest BCUT2D eigenvalue weighted by molar-refractivity contribution is 7.73. The van der Waals surface area contributed by atoms with Gasteiger partial charge in [-0.1, -0.05) is 0 Å². The van der Waals surface area contributed by atoms with Crippen molar-refractivity contribution in [2.75, 3.05) is 6.61 Å². The SMILES string of the molecule is Cc1[nH]c(=S)sc1CC(=O)NC1(CO)CC1. The molecule has 6 heteroatoms. The molecule has 1 fully saturated rings. The van der Waals surface area contributed by atoms with Gasteiger partial charge in [-0.25, -0.2) is 0 Å². The quantitative estimate of drug-likeness (QED) is 0.713. The molecule has 88 valence electrons. The zero-order chi connectivity index (χ0) is 11.8. The topological polar surface area (TPSA) is 65.1 Å². The van der Waals surface area contributed by atoms with E-state index in [-0.39, 0.29) is 18.1 Å². The molecule has 0 radical (unpaired) electrons. The van der Waals surface area contributed by atoms with Gasteiger partial charge in [0.25, 0.3) is 0 Å². The Balaban J connectivity index is 1.97. The number of aromatic amines is 1. The zero-order valence-electron chi connectivity index (χ0n) is 9.00. The molecule has 0 bridgehead atoms. The molecule has 1 aromatic heterocycles. The van der Waals surface area contributed by atoms with Gasteiger partial charge in [-0.2, -0.15) is 0 Å². The van der Waals surface area contributed by atoms with E-state index < -0.39 is 0 Å². The summed E-state index contributed by atoms with van der Waals surface area (Å²) in [5.74, 6) is -0.0418. The second-order valence-corrected chi connectivity index (χ2v) is 6.00. The molecular formula is C10H14N2O2S2. The predicted molar refractivity (Wildman–Crippen MR) is 65.1 cm³/mol. The number of aliphatic hydroxyl groups excluding tert-OH is 1. The van der Waals surface area contributed by atoms with E-state index in [9.17, 15) is 4.79 Å². The minimum Gasteiger partial charge on any atom is -0.394 e. The summed E-state index contributed by atoms with van der Waals surface area (Å²) >= 11 is 6.44. The number of carbonyl (C=O) groups excluding carboxylic acids is 1. The molecule has 1 saturated carbocycles. The van der Waals surface area contributed by atoms with Crippen molar-refractivity contribution in [1.82, 2.24) is 10.3 Å². The molecule has 0 unspecified atom stereocenters. The lowest BCUT2D eigenvalue weighted by atomic mass is 10.2. The third-order valence-corrected chi connectivity index (χ3v) is 4.14. The van der Waals surface area contributed by atoms with Gasteiger partial charge in [-0.3, -0.25) is 4.79 Å². The molecule has 4 nitrogen and oxygen atoms in total. The summed E-state index contributed by atoms with van der Waals surface area (Å²) in [5.41, 5.74) is 0.627. The average molecular weight is 258 g/mol. The fourth-order valence-corrected chi connectivity index (χ4v) is 2.85. The molecule has 0 aromatic carbocycles. The molecule has 1 aromatic rings. The smallest absolute Gasteiger partial charge is 0.225 e. The lowest BCUT2D eigenvalue weighted by Crippen LogP contribution is -2.40. The summed E-state index contributed by atoms with van der Waals surface area (Å²) in [4.78, 5) is 15.7. The molecule has 1 aliphatic rings. The second kappa shape index (κ2) is 4.27. The Labute approximate surface area is 103 Å². The lowest BCUT2D eigenvalue weighted by Gasteiger charge is -2.13. The lowest BCUT2D eigenvalue weighted by molar-refractivity contribution is -0.121. The van der Waals surface area contributed by atoms with Gasteiger partial charge in [-0.05, 0) is 32.0 Å². The maximum absolute atomic E-state index is 11.7. The van der Waals surface area contributed by atoms with E-state index >= 15 is 0 Å². The van der Waals surface area contributed by atoms with Crippen LogP contribution < -0.4 is 5.32 Å². The molecule has 0 spiro atoms. The summed E-state index contributed by atoms with van der Waals surface area (Å²) in [6.07, 6.45) is 2.08. The number of amides is 1. The second-order valence-electron chi connectivity index (χ2n) is 4.23. The molecule has 0 atom stereocenters. The van der Waals surface area contributed by atoms with Crippen molar-refractivity contribution in [3.63, 3.8) is 0 Å². The highest BCUT2D eigenvalue weighted by Gasteiger charge is 2.43. The monoisotopic (exact) mass is 258 g/mol. The fraction of sp³-hybridized carbons (Fsp3) is 0.600. The molecule has 3 N–H and O–H groups in total. The van der Waals surface area contributed by atoms with Crippen LogP contribution in [0.5, 0.6) is 0 Å². The molecule has 16 heavy (non-hydrogen) atoms. The molecular weight excluding hydrogens is 244 g/mol. The highest BCUT2D eigenvalue weighted by Crippen LogP contribution is 2.34. The van der Waals surface area contributed by atoms with Crippen molar-refractivity contribution in [1.29, 1.82) is 0 Å². The van der Waals surface area contributed by atoms with Crippen molar-refractivity contribution < 1.29 is 9.90 Å². The summed E-state index contributed by atoms with van der Waals surface area (Å²) in [5, 5.41) is 12.0. The minimum absolute atomic E-state index is 0.0283. The first kappa shape index (κ1) is 11.8. The van der Waals surface area contributed by atoms with Gasteiger partial charge < -0.3 is 15.4 Å². The van der Waals surface area contributed by atoms with E-state index in [1.165, 1.54) is 11.3 Å². The van der Waals surface area contributed by atoms with Gasteiger partial charge in [0.05, 0.1) is 18.6 Å². The Kier molecular flexibility index (Phi) is 3.14. The van der Waals surface area contributed by atoms with Crippen molar-refractivity contribution in [3.05, 3.63) is 14.5 Å². The van der Waals surface area contributed by atoms with Crippen LogP contribution in [0.15, 0.2) is 0 Å². The van der Waals surface area contributed by atoms with Crippen LogP contribution >= 0.6 is 23.6 Å². The summed E-state index contributed by atoms with van der Waals surface area (Å²) in [7, 11) is 0. The van der Waals surface area contributed by atoms with Crippen LogP contribution in [0.2, 0.25) is 0 Å². The molecule has 0 saturated heterocycles.